The summed E-state index contributed by atoms with van der Waals surface area (Å²) in [5, 5.41) is 18.0. The first-order valence-electron chi connectivity index (χ1n) is 8.18. The maximum atomic E-state index is 9.32. The topological polar surface area (TPSA) is 76.7 Å². The van der Waals surface area contributed by atoms with E-state index < -0.39 is 0 Å². The first kappa shape index (κ1) is 16.6. The van der Waals surface area contributed by atoms with Gasteiger partial charge in [0.05, 0.1) is 28.9 Å². The first-order valence-corrected chi connectivity index (χ1v) is 9.06. The average molecular weight is 363 g/mol. The van der Waals surface area contributed by atoms with Gasteiger partial charge in [-0.1, -0.05) is 35.5 Å². The van der Waals surface area contributed by atoms with Gasteiger partial charge in [0.15, 0.2) is 0 Å². The molecule has 7 heteroatoms. The van der Waals surface area contributed by atoms with Crippen LogP contribution < -0.4 is 0 Å². The number of aryl methyl sites for hydroxylation is 1. The predicted octanol–water partition coefficient (Wildman–Crippen LogP) is 3.24. The lowest BCUT2D eigenvalue weighted by molar-refractivity contribution is 0.281. The summed E-state index contributed by atoms with van der Waals surface area (Å²) in [4.78, 5) is 9.69. The number of hydrogen-bond donors (Lipinski definition) is 1. The fourth-order valence-corrected chi connectivity index (χ4v) is 3.80. The van der Waals surface area contributed by atoms with E-state index >= 15 is 0 Å². The number of rotatable bonds is 5. The Morgan fingerprint density at radius 1 is 1.19 bits per heavy atom. The van der Waals surface area contributed by atoms with E-state index in [-0.39, 0.29) is 12.6 Å². The highest BCUT2D eigenvalue weighted by Gasteiger charge is 2.22. The Balaban J connectivity index is 1.78. The summed E-state index contributed by atoms with van der Waals surface area (Å²) in [5.41, 5.74) is 6.26. The van der Waals surface area contributed by atoms with Crippen molar-refractivity contribution in [2.24, 2.45) is 0 Å². The molecule has 0 amide bonds. The molecule has 1 unspecified atom stereocenters. The standard InChI is InChI=1S/C19H17N5OS/c1-13-19(26-12-21-13)18(15-5-3-2-4-6-15)24-10-17(22-23-24)16-7-14(11-25)8-20-9-16/h2-10,12,18,25H,11H2,1H3. The van der Waals surface area contributed by atoms with Crippen molar-refractivity contribution in [3.8, 4) is 11.3 Å². The molecule has 3 heterocycles. The van der Waals surface area contributed by atoms with Gasteiger partial charge in [-0.25, -0.2) is 9.67 Å². The second-order valence-electron chi connectivity index (χ2n) is 5.94. The summed E-state index contributed by atoms with van der Waals surface area (Å²) in [6.07, 6.45) is 5.28. The van der Waals surface area contributed by atoms with E-state index in [9.17, 15) is 5.11 Å². The van der Waals surface area contributed by atoms with Gasteiger partial charge in [-0.05, 0) is 24.1 Å². The van der Waals surface area contributed by atoms with Crippen LogP contribution in [0.25, 0.3) is 11.3 Å². The zero-order valence-electron chi connectivity index (χ0n) is 14.1. The van der Waals surface area contributed by atoms with Crippen LogP contribution in [0.5, 0.6) is 0 Å². The van der Waals surface area contributed by atoms with E-state index in [0.29, 0.717) is 0 Å². The third-order valence-corrected chi connectivity index (χ3v) is 5.18. The van der Waals surface area contributed by atoms with Gasteiger partial charge in [0, 0.05) is 18.0 Å². The van der Waals surface area contributed by atoms with E-state index in [1.807, 2.05) is 47.6 Å². The van der Waals surface area contributed by atoms with Crippen LogP contribution in [0, 0.1) is 6.92 Å². The van der Waals surface area contributed by atoms with Crippen molar-refractivity contribution in [1.82, 2.24) is 25.0 Å². The number of benzene rings is 1. The van der Waals surface area contributed by atoms with Crippen LogP contribution in [-0.4, -0.2) is 30.1 Å². The second kappa shape index (κ2) is 7.15. The highest BCUT2D eigenvalue weighted by Crippen LogP contribution is 2.32. The van der Waals surface area contributed by atoms with Gasteiger partial charge >= 0.3 is 0 Å². The smallest absolute Gasteiger partial charge is 0.115 e. The van der Waals surface area contributed by atoms with Gasteiger partial charge in [0.25, 0.3) is 0 Å². The van der Waals surface area contributed by atoms with Gasteiger partial charge in [0.1, 0.15) is 11.7 Å². The Kier molecular flexibility index (Phi) is 4.55. The molecule has 1 N–H and O–H groups in total. The number of thiazole rings is 1. The quantitative estimate of drug-likeness (QED) is 0.589. The van der Waals surface area contributed by atoms with Crippen LogP contribution >= 0.6 is 11.3 Å². The number of pyridine rings is 1. The van der Waals surface area contributed by atoms with Crippen LogP contribution in [0.15, 0.2) is 60.5 Å². The van der Waals surface area contributed by atoms with Crippen LogP contribution in [-0.2, 0) is 6.61 Å². The number of nitrogens with zero attached hydrogens (tertiary/aromatic N) is 5. The zero-order valence-corrected chi connectivity index (χ0v) is 15.0. The minimum absolute atomic E-state index is 0.0539. The summed E-state index contributed by atoms with van der Waals surface area (Å²) in [6, 6.07) is 12.0. The lowest BCUT2D eigenvalue weighted by Gasteiger charge is -2.16. The van der Waals surface area contributed by atoms with Crippen molar-refractivity contribution in [2.45, 2.75) is 19.6 Å². The van der Waals surface area contributed by atoms with E-state index in [1.54, 1.807) is 23.7 Å². The molecule has 1 aromatic carbocycles. The molecule has 0 aliphatic rings. The van der Waals surface area contributed by atoms with Crippen LogP contribution in [0.4, 0.5) is 0 Å². The van der Waals surface area contributed by atoms with Crippen molar-refractivity contribution in [2.75, 3.05) is 0 Å². The summed E-state index contributed by atoms with van der Waals surface area (Å²) in [5.74, 6) is 0. The molecule has 4 aromatic rings. The molecule has 0 fully saturated rings. The van der Waals surface area contributed by atoms with E-state index in [1.165, 1.54) is 0 Å². The molecular weight excluding hydrogens is 346 g/mol. The SMILES string of the molecule is Cc1ncsc1C(c1ccccc1)n1cc(-c2cncc(CO)c2)nn1. The molecule has 6 nitrogen and oxygen atoms in total. The van der Waals surface area contributed by atoms with Crippen molar-refractivity contribution in [3.05, 3.63) is 82.2 Å². The number of hydrogen-bond acceptors (Lipinski definition) is 6. The second-order valence-corrected chi connectivity index (χ2v) is 6.83. The molecule has 4 rings (SSSR count). The van der Waals surface area contributed by atoms with Gasteiger partial charge in [-0.15, -0.1) is 16.4 Å². The van der Waals surface area contributed by atoms with E-state index in [4.69, 9.17) is 0 Å². The van der Waals surface area contributed by atoms with Crippen molar-refractivity contribution < 1.29 is 5.11 Å². The molecule has 0 aliphatic carbocycles. The third kappa shape index (κ3) is 3.14. The molecule has 26 heavy (non-hydrogen) atoms. The summed E-state index contributed by atoms with van der Waals surface area (Å²) >= 11 is 1.61. The fraction of sp³-hybridized carbons (Fsp3) is 0.158. The molecule has 0 saturated heterocycles. The van der Waals surface area contributed by atoms with Gasteiger partial charge in [-0.3, -0.25) is 4.98 Å². The zero-order chi connectivity index (χ0) is 17.9. The average Bonchev–Trinajstić information content (AvgIpc) is 3.33. The highest BCUT2D eigenvalue weighted by molar-refractivity contribution is 7.09. The van der Waals surface area contributed by atoms with Crippen LogP contribution in [0.2, 0.25) is 0 Å². The Bertz CT molecular complexity index is 1010. The van der Waals surface area contributed by atoms with Crippen molar-refractivity contribution in [3.63, 3.8) is 0 Å². The largest absolute Gasteiger partial charge is 0.392 e. The number of aromatic nitrogens is 5. The first-order chi connectivity index (χ1) is 12.8. The van der Waals surface area contributed by atoms with Crippen molar-refractivity contribution in [1.29, 1.82) is 0 Å². The molecule has 1 atom stereocenters. The van der Waals surface area contributed by atoms with Gasteiger partial charge < -0.3 is 5.11 Å². The molecule has 0 bridgehead atoms. The molecule has 0 spiro atoms. The monoisotopic (exact) mass is 363 g/mol. The number of aliphatic hydroxyl groups excluding tert-OH is 1. The highest BCUT2D eigenvalue weighted by atomic mass is 32.1. The Morgan fingerprint density at radius 3 is 2.77 bits per heavy atom. The lowest BCUT2D eigenvalue weighted by Crippen LogP contribution is -2.13. The summed E-state index contributed by atoms with van der Waals surface area (Å²) in [6.45, 7) is 1.95. The minimum atomic E-state index is -0.0843. The lowest BCUT2D eigenvalue weighted by atomic mass is 10.0. The molecular formula is C19H17N5OS. The van der Waals surface area contributed by atoms with E-state index in [0.717, 1.165) is 33.0 Å². The molecule has 3 aromatic heterocycles. The molecule has 130 valence electrons. The molecule has 0 aliphatic heterocycles. The van der Waals surface area contributed by atoms with E-state index in [2.05, 4.69) is 32.4 Å². The summed E-state index contributed by atoms with van der Waals surface area (Å²) < 4.78 is 1.86. The maximum absolute atomic E-state index is 9.32. The molecule has 0 radical (unpaired) electrons. The Hall–Kier alpha value is -2.90. The normalized spacial score (nSPS) is 12.2. The Morgan fingerprint density at radius 2 is 2.04 bits per heavy atom. The molecule has 0 saturated carbocycles. The Labute approximate surface area is 154 Å². The van der Waals surface area contributed by atoms with Crippen LogP contribution in [0.3, 0.4) is 0 Å². The third-order valence-electron chi connectivity index (χ3n) is 4.19. The van der Waals surface area contributed by atoms with Crippen molar-refractivity contribution >= 4 is 11.3 Å². The maximum Gasteiger partial charge on any atom is 0.115 e. The predicted molar refractivity (Wildman–Crippen MR) is 99.7 cm³/mol. The number of aliphatic hydroxyl groups is 1. The van der Waals surface area contributed by atoms with Gasteiger partial charge in [-0.2, -0.15) is 0 Å². The fourth-order valence-electron chi connectivity index (χ4n) is 2.88. The van der Waals surface area contributed by atoms with Crippen LogP contribution in [0.1, 0.15) is 27.7 Å². The van der Waals surface area contributed by atoms with Gasteiger partial charge in [0.2, 0.25) is 0 Å². The minimum Gasteiger partial charge on any atom is -0.392 e. The summed E-state index contributed by atoms with van der Waals surface area (Å²) in [7, 11) is 0.